The summed E-state index contributed by atoms with van der Waals surface area (Å²) in [7, 11) is 0. The highest BCUT2D eigenvalue weighted by molar-refractivity contribution is 5.53. The Kier molecular flexibility index (Phi) is 4.66. The Morgan fingerprint density at radius 3 is 2.61 bits per heavy atom. The zero-order valence-electron chi connectivity index (χ0n) is 13.3. The van der Waals surface area contributed by atoms with Gasteiger partial charge in [0.2, 0.25) is 0 Å². The first-order valence-corrected chi connectivity index (χ1v) is 7.95. The molecule has 5 heteroatoms. The molecule has 0 saturated heterocycles. The van der Waals surface area contributed by atoms with E-state index in [0.29, 0.717) is 0 Å². The van der Waals surface area contributed by atoms with Crippen LogP contribution in [0, 0.1) is 0 Å². The minimum absolute atomic E-state index is 0.733. The number of hydrogen-bond acceptors (Lipinski definition) is 4. The van der Waals surface area contributed by atoms with Crippen molar-refractivity contribution in [3.05, 3.63) is 60.2 Å². The number of aromatic nitrogens is 4. The standard InChI is InChI=1S/C18H21N5/c1-2-3-6-17-21-22-18(15-5-4-11-20-12-15)23(17)13-14-7-9-16(19)10-8-14/h4-5,7-12H,2-3,6,13,19H2,1H3. The van der Waals surface area contributed by atoms with E-state index in [4.69, 9.17) is 5.73 Å². The predicted octanol–water partition coefficient (Wildman–Crippen LogP) is 3.31. The van der Waals surface area contributed by atoms with Crippen molar-refractivity contribution < 1.29 is 0 Å². The van der Waals surface area contributed by atoms with Gasteiger partial charge >= 0.3 is 0 Å². The third-order valence-corrected chi connectivity index (χ3v) is 3.82. The summed E-state index contributed by atoms with van der Waals surface area (Å²) in [5, 5.41) is 8.81. The van der Waals surface area contributed by atoms with Gasteiger partial charge in [0, 0.05) is 30.1 Å². The van der Waals surface area contributed by atoms with Crippen molar-refractivity contribution in [3.8, 4) is 11.4 Å². The molecule has 3 rings (SSSR count). The van der Waals surface area contributed by atoms with E-state index in [1.165, 1.54) is 5.56 Å². The van der Waals surface area contributed by atoms with Crippen molar-refractivity contribution in [2.24, 2.45) is 0 Å². The van der Waals surface area contributed by atoms with Crippen molar-refractivity contribution in [3.63, 3.8) is 0 Å². The summed E-state index contributed by atoms with van der Waals surface area (Å²) in [5.74, 6) is 1.88. The minimum Gasteiger partial charge on any atom is -0.399 e. The third kappa shape index (κ3) is 3.56. The SMILES string of the molecule is CCCCc1nnc(-c2cccnc2)n1Cc1ccc(N)cc1. The lowest BCUT2D eigenvalue weighted by Crippen LogP contribution is -2.07. The fourth-order valence-electron chi connectivity index (χ4n) is 2.54. The van der Waals surface area contributed by atoms with Crippen molar-refractivity contribution >= 4 is 5.69 Å². The van der Waals surface area contributed by atoms with Gasteiger partial charge in [-0.2, -0.15) is 0 Å². The Labute approximate surface area is 136 Å². The molecule has 0 aliphatic rings. The molecule has 1 aromatic carbocycles. The molecule has 0 aliphatic heterocycles. The average Bonchev–Trinajstić information content (AvgIpc) is 2.98. The van der Waals surface area contributed by atoms with Crippen LogP contribution in [0.2, 0.25) is 0 Å². The molecule has 0 spiro atoms. The molecular weight excluding hydrogens is 286 g/mol. The van der Waals surface area contributed by atoms with E-state index in [1.807, 2.05) is 42.6 Å². The van der Waals surface area contributed by atoms with Gasteiger partial charge in [0.15, 0.2) is 5.82 Å². The van der Waals surface area contributed by atoms with Crippen LogP contribution in [-0.4, -0.2) is 19.7 Å². The maximum atomic E-state index is 5.78. The lowest BCUT2D eigenvalue weighted by atomic mass is 10.2. The molecule has 5 nitrogen and oxygen atoms in total. The van der Waals surface area contributed by atoms with Crippen LogP contribution in [0.4, 0.5) is 5.69 Å². The molecule has 3 aromatic rings. The molecule has 2 N–H and O–H groups in total. The van der Waals surface area contributed by atoms with Crippen LogP contribution >= 0.6 is 0 Å². The van der Waals surface area contributed by atoms with Crippen LogP contribution in [0.25, 0.3) is 11.4 Å². The van der Waals surface area contributed by atoms with Gasteiger partial charge in [-0.1, -0.05) is 25.5 Å². The number of benzene rings is 1. The van der Waals surface area contributed by atoms with E-state index in [1.54, 1.807) is 6.20 Å². The van der Waals surface area contributed by atoms with Crippen LogP contribution < -0.4 is 5.73 Å². The number of nitrogens with zero attached hydrogens (tertiary/aromatic N) is 4. The molecule has 23 heavy (non-hydrogen) atoms. The zero-order valence-corrected chi connectivity index (χ0v) is 13.3. The largest absolute Gasteiger partial charge is 0.399 e. The average molecular weight is 307 g/mol. The highest BCUT2D eigenvalue weighted by atomic mass is 15.3. The van der Waals surface area contributed by atoms with Gasteiger partial charge in [-0.3, -0.25) is 4.98 Å². The molecule has 0 aliphatic carbocycles. The van der Waals surface area contributed by atoms with Crippen LogP contribution in [0.1, 0.15) is 31.2 Å². The summed E-state index contributed by atoms with van der Waals surface area (Å²) >= 11 is 0. The van der Waals surface area contributed by atoms with Gasteiger partial charge in [-0.15, -0.1) is 10.2 Å². The van der Waals surface area contributed by atoms with Gasteiger partial charge in [0.05, 0.1) is 6.54 Å². The maximum absolute atomic E-state index is 5.78. The fourth-order valence-corrected chi connectivity index (χ4v) is 2.54. The number of nitrogens with two attached hydrogens (primary N) is 1. The summed E-state index contributed by atoms with van der Waals surface area (Å²) < 4.78 is 2.18. The molecule has 2 aromatic heterocycles. The molecule has 0 atom stereocenters. The van der Waals surface area contributed by atoms with E-state index in [0.717, 1.165) is 48.7 Å². The number of anilines is 1. The summed E-state index contributed by atoms with van der Waals surface area (Å²) in [6, 6.07) is 11.9. The highest BCUT2D eigenvalue weighted by Crippen LogP contribution is 2.20. The summed E-state index contributed by atoms with van der Waals surface area (Å²) in [6.07, 6.45) is 6.76. The molecule has 0 bridgehead atoms. The zero-order chi connectivity index (χ0) is 16.1. The lowest BCUT2D eigenvalue weighted by Gasteiger charge is -2.11. The predicted molar refractivity (Wildman–Crippen MR) is 91.8 cm³/mol. The second-order valence-electron chi connectivity index (χ2n) is 5.61. The number of unbranched alkanes of at least 4 members (excludes halogenated alkanes) is 1. The molecular formula is C18H21N5. The lowest BCUT2D eigenvalue weighted by molar-refractivity contribution is 0.681. The van der Waals surface area contributed by atoms with Crippen LogP contribution in [0.5, 0.6) is 0 Å². The number of nitrogen functional groups attached to an aromatic ring is 1. The van der Waals surface area contributed by atoms with Gasteiger partial charge in [0.25, 0.3) is 0 Å². The second kappa shape index (κ2) is 7.05. The van der Waals surface area contributed by atoms with Crippen molar-refractivity contribution in [1.82, 2.24) is 19.7 Å². The highest BCUT2D eigenvalue weighted by Gasteiger charge is 2.14. The Hall–Kier alpha value is -2.69. The van der Waals surface area contributed by atoms with Gasteiger partial charge in [0.1, 0.15) is 5.82 Å². The quantitative estimate of drug-likeness (QED) is 0.709. The van der Waals surface area contributed by atoms with E-state index >= 15 is 0 Å². The smallest absolute Gasteiger partial charge is 0.165 e. The molecule has 0 amide bonds. The van der Waals surface area contributed by atoms with Crippen molar-refractivity contribution in [1.29, 1.82) is 0 Å². The van der Waals surface area contributed by atoms with E-state index in [-0.39, 0.29) is 0 Å². The van der Waals surface area contributed by atoms with Crippen molar-refractivity contribution in [2.45, 2.75) is 32.7 Å². The summed E-state index contributed by atoms with van der Waals surface area (Å²) in [5.41, 5.74) is 8.72. The Balaban J connectivity index is 1.97. The molecule has 2 heterocycles. The van der Waals surface area contributed by atoms with E-state index < -0.39 is 0 Å². The molecule has 0 saturated carbocycles. The number of pyridine rings is 1. The van der Waals surface area contributed by atoms with Gasteiger partial charge < -0.3 is 10.3 Å². The summed E-state index contributed by atoms with van der Waals surface area (Å²) in [6.45, 7) is 2.92. The van der Waals surface area contributed by atoms with Crippen molar-refractivity contribution in [2.75, 3.05) is 5.73 Å². The number of rotatable bonds is 6. The molecule has 0 radical (unpaired) electrons. The first kappa shape index (κ1) is 15.2. The minimum atomic E-state index is 0.733. The Morgan fingerprint density at radius 2 is 1.91 bits per heavy atom. The van der Waals surface area contributed by atoms with Gasteiger partial charge in [-0.05, 0) is 36.2 Å². The number of aryl methyl sites for hydroxylation is 1. The van der Waals surface area contributed by atoms with Crippen LogP contribution in [0.15, 0.2) is 48.8 Å². The van der Waals surface area contributed by atoms with Gasteiger partial charge in [-0.25, -0.2) is 0 Å². The molecule has 118 valence electrons. The number of hydrogen-bond donors (Lipinski definition) is 1. The van der Waals surface area contributed by atoms with Crippen LogP contribution in [-0.2, 0) is 13.0 Å². The maximum Gasteiger partial charge on any atom is 0.165 e. The second-order valence-corrected chi connectivity index (χ2v) is 5.61. The van der Waals surface area contributed by atoms with Crippen LogP contribution in [0.3, 0.4) is 0 Å². The monoisotopic (exact) mass is 307 g/mol. The molecule has 0 unspecified atom stereocenters. The van der Waals surface area contributed by atoms with E-state index in [2.05, 4.69) is 26.7 Å². The molecule has 0 fully saturated rings. The van der Waals surface area contributed by atoms with E-state index in [9.17, 15) is 0 Å². The normalized spacial score (nSPS) is 10.8. The Bertz CT molecular complexity index is 747. The fraction of sp³-hybridized carbons (Fsp3) is 0.278. The Morgan fingerprint density at radius 1 is 1.09 bits per heavy atom. The topological polar surface area (TPSA) is 69.6 Å². The first-order valence-electron chi connectivity index (χ1n) is 7.95. The first-order chi connectivity index (χ1) is 11.3. The third-order valence-electron chi connectivity index (χ3n) is 3.82. The summed E-state index contributed by atoms with van der Waals surface area (Å²) in [4.78, 5) is 4.19.